The quantitative estimate of drug-likeness (QED) is 0.0648. The molecule has 3 aliphatic rings. The number of nitrogens with zero attached hydrogens (tertiary/aromatic N) is 4. The van der Waals surface area contributed by atoms with Crippen molar-refractivity contribution in [2.75, 3.05) is 26.5 Å². The summed E-state index contributed by atoms with van der Waals surface area (Å²) in [5, 5.41) is 56.3. The number of ketones is 1. The Morgan fingerprint density at radius 1 is 1.07 bits per heavy atom. The number of benzene rings is 1. The summed E-state index contributed by atoms with van der Waals surface area (Å²) in [6.45, 7) is 9.96. The Hall–Kier alpha value is -5.75. The van der Waals surface area contributed by atoms with Gasteiger partial charge in [0, 0.05) is 80.8 Å². The number of hydrogen-bond acceptors (Lipinski definition) is 12. The molecule has 5 N–H and O–H groups in total. The van der Waals surface area contributed by atoms with Gasteiger partial charge < -0.3 is 40.2 Å². The molecule has 6 bridgehead atoms. The van der Waals surface area contributed by atoms with E-state index in [2.05, 4.69) is 22.3 Å². The number of rotatable bonds is 4. The summed E-state index contributed by atoms with van der Waals surface area (Å²) in [4.78, 5) is 46.6. The lowest BCUT2D eigenvalue weighted by Crippen LogP contribution is -2.50. The van der Waals surface area contributed by atoms with Gasteiger partial charge in [0.2, 0.25) is 0 Å². The number of hydrogen-bond donors (Lipinski definition) is 5. The van der Waals surface area contributed by atoms with Gasteiger partial charge in [0.1, 0.15) is 28.5 Å². The summed E-state index contributed by atoms with van der Waals surface area (Å²) in [6.07, 6.45) is 7.54. The van der Waals surface area contributed by atoms with Crippen LogP contribution in [-0.2, 0) is 23.9 Å². The molecule has 0 fully saturated rings. The molecular formula is C45H53N5O9. The number of pyridine rings is 1. The fourth-order valence-electron chi connectivity index (χ4n) is 8.61. The van der Waals surface area contributed by atoms with Crippen LogP contribution in [0.4, 0.5) is 5.69 Å². The number of aliphatic hydroxyl groups is 3. The number of aromatic nitrogens is 2. The van der Waals surface area contributed by atoms with E-state index in [1.54, 1.807) is 106 Å². The average Bonchev–Trinajstić information content (AvgIpc) is 3.51. The van der Waals surface area contributed by atoms with Gasteiger partial charge in [0.05, 0.1) is 35.7 Å². The molecule has 2 aromatic heterocycles. The third kappa shape index (κ3) is 8.15. The zero-order valence-electron chi connectivity index (χ0n) is 34.8. The van der Waals surface area contributed by atoms with E-state index in [9.17, 15) is 34.8 Å². The number of allylic oxidation sites excluding steroid dienone is 3. The number of carbonyl (C=O) groups excluding carboxylic acids is 3. The molecule has 0 radical (unpaired) electrons. The van der Waals surface area contributed by atoms with Crippen molar-refractivity contribution in [1.82, 2.24) is 14.4 Å². The molecule has 14 nitrogen and oxygen atoms in total. The van der Waals surface area contributed by atoms with Gasteiger partial charge in [-0.1, -0.05) is 64.0 Å². The number of fused-ring (bicyclic) bond motifs is 6. The lowest BCUT2D eigenvalue weighted by molar-refractivity contribution is -0.165. The number of carbonyl (C=O) groups is 3. The van der Waals surface area contributed by atoms with Gasteiger partial charge in [-0.2, -0.15) is 5.10 Å². The second-order valence-corrected chi connectivity index (χ2v) is 16.1. The number of phenols is 1. The number of phenolic OH excluding ortho intramolecular Hbond substituents is 1. The molecule has 2 unspecified atom stereocenters. The number of Topliss-reactive ketones (excluding diaryl/α,β-unsaturated/α-hetero) is 1. The average molecular weight is 808 g/mol. The van der Waals surface area contributed by atoms with Crippen molar-refractivity contribution < 1.29 is 44.3 Å². The predicted octanol–water partition coefficient (Wildman–Crippen LogP) is 3.35. The van der Waals surface area contributed by atoms with Crippen LogP contribution in [0.3, 0.4) is 0 Å². The van der Waals surface area contributed by atoms with Crippen LogP contribution in [0.2, 0.25) is 0 Å². The molecule has 3 aromatic rings. The first kappa shape index (κ1) is 42.8. The smallest absolute Gasteiger partial charge is 0.302 e. The molecule has 1 aliphatic heterocycles. The van der Waals surface area contributed by atoms with E-state index in [-0.39, 0.29) is 50.5 Å². The molecule has 2 aliphatic carbocycles. The monoisotopic (exact) mass is 807 g/mol. The van der Waals surface area contributed by atoms with Crippen LogP contribution in [-0.4, -0.2) is 104 Å². The minimum atomic E-state index is -1.19. The van der Waals surface area contributed by atoms with Gasteiger partial charge in [-0.25, -0.2) is 4.98 Å². The highest BCUT2D eigenvalue weighted by atomic mass is 16.5. The van der Waals surface area contributed by atoms with Gasteiger partial charge in [-0.05, 0) is 36.5 Å². The number of imidazole rings is 1. The number of hydrazone groups is 1. The van der Waals surface area contributed by atoms with E-state index in [1.807, 2.05) is 6.92 Å². The summed E-state index contributed by atoms with van der Waals surface area (Å²) in [7, 11) is 5.08. The maximum absolute atomic E-state index is 14.7. The molecule has 312 valence electrons. The summed E-state index contributed by atoms with van der Waals surface area (Å²) in [5.41, 5.74) is 1.86. The standard InChI is InChI=1S/C45H53N5O9/c1-22-12-10-13-23(2)45(57)48-39-40-38(47-33-20-28(18-19-50(33)40)21-46-49(7)8)37-35-29(16-17-31(53)36(37)43(39)56)24(3)34(32(58-9)15-11-14-30(35)52)44(59-27(6)51)26(5)42(55)25(4)41(22)54/h10-13,15,18-22,24-26,29,32,34,41-42,44,53-56H,14H2,1-9H3,(H,48,57)/b12-10+,15-11+,23-13-,46-21+/t22-,24?,25+,26+,29?,32-,34-,41-,42+,44-/m0/s1. The van der Waals surface area contributed by atoms with Crippen LogP contribution < -0.4 is 15.8 Å². The largest absolute Gasteiger partial charge is 0.505 e. The van der Waals surface area contributed by atoms with Crippen LogP contribution in [0, 0.1) is 47.3 Å². The second-order valence-electron chi connectivity index (χ2n) is 16.1. The molecule has 14 heteroatoms. The Kier molecular flexibility index (Phi) is 12.5. The highest BCUT2D eigenvalue weighted by Crippen LogP contribution is 2.41. The minimum absolute atomic E-state index is 0.0689. The van der Waals surface area contributed by atoms with Gasteiger partial charge in [-0.15, -0.1) is 0 Å². The molecule has 3 heterocycles. The molecule has 0 spiro atoms. The minimum Gasteiger partial charge on any atom is -0.505 e. The van der Waals surface area contributed by atoms with Gasteiger partial charge in [0.25, 0.3) is 5.91 Å². The Morgan fingerprint density at radius 2 is 1.80 bits per heavy atom. The molecular weight excluding hydrogens is 755 g/mol. The van der Waals surface area contributed by atoms with E-state index in [0.29, 0.717) is 11.2 Å². The maximum atomic E-state index is 14.7. The molecule has 59 heavy (non-hydrogen) atoms. The van der Waals surface area contributed by atoms with E-state index in [4.69, 9.17) is 14.5 Å². The first-order valence-electron chi connectivity index (χ1n) is 19.8. The summed E-state index contributed by atoms with van der Waals surface area (Å²) in [5.74, 6) is -1.08. The molecule has 10 atom stereocenters. The number of aliphatic hydroxyl groups excluding tert-OH is 3. The third-order valence-electron chi connectivity index (χ3n) is 11.9. The van der Waals surface area contributed by atoms with E-state index in [1.165, 1.54) is 14.0 Å². The summed E-state index contributed by atoms with van der Waals surface area (Å²) >= 11 is 0. The first-order valence-corrected chi connectivity index (χ1v) is 19.8. The Balaban J connectivity index is 1.78. The van der Waals surface area contributed by atoms with Crippen molar-refractivity contribution >= 4 is 57.6 Å². The topological polar surface area (TPSA) is 196 Å². The molecule has 1 amide bonds. The van der Waals surface area contributed by atoms with Crippen molar-refractivity contribution in [3.8, 4) is 17.6 Å². The van der Waals surface area contributed by atoms with E-state index in [0.717, 1.165) is 0 Å². The van der Waals surface area contributed by atoms with Crippen LogP contribution in [0.1, 0.15) is 53.5 Å². The second kappa shape index (κ2) is 17.2. The van der Waals surface area contributed by atoms with E-state index < -0.39 is 83.3 Å². The van der Waals surface area contributed by atoms with Gasteiger partial charge in [-0.3, -0.25) is 18.8 Å². The van der Waals surface area contributed by atoms with Crippen molar-refractivity contribution in [3.63, 3.8) is 0 Å². The summed E-state index contributed by atoms with van der Waals surface area (Å²) in [6, 6.07) is 3.55. The third-order valence-corrected chi connectivity index (χ3v) is 11.9. The van der Waals surface area contributed by atoms with Crippen molar-refractivity contribution in [2.24, 2.45) is 40.6 Å². The number of methoxy groups -OCH3 is 1. The fraction of sp³-hybridized carbons (Fsp3) is 0.444. The fourth-order valence-corrected chi connectivity index (χ4v) is 8.61. The zero-order valence-corrected chi connectivity index (χ0v) is 34.8. The SMILES string of the molecule is CO[C@H]1/C=C/CC(=O)C2=c3c4c(O)c(c5c3nc3cc(/C=N/N(C)C)ccn35)NC(=O)/C(C)=C\C=C\[C@H](C)[C@H](O)[C@@H](C)[C@@H](O)[C@@H](C)[C@H](OC(C)=O)[C@H]1C(C)C2C#CC=4O. The Labute approximate surface area is 342 Å². The molecule has 0 saturated carbocycles. The Bertz CT molecular complexity index is 2500. The number of ether oxygens (including phenoxy) is 2. The predicted molar refractivity (Wildman–Crippen MR) is 224 cm³/mol. The molecule has 1 aromatic carbocycles. The molecule has 6 rings (SSSR count). The number of esters is 1. The maximum Gasteiger partial charge on any atom is 0.302 e. The van der Waals surface area contributed by atoms with E-state index >= 15 is 0 Å². The van der Waals surface area contributed by atoms with Crippen LogP contribution in [0.15, 0.2) is 59.4 Å². The number of nitrogens with one attached hydrogen (secondary N) is 1. The highest BCUT2D eigenvalue weighted by molar-refractivity contribution is 6.19. The Morgan fingerprint density at radius 3 is 2.47 bits per heavy atom. The van der Waals surface area contributed by atoms with Crippen LogP contribution in [0.5, 0.6) is 5.75 Å². The molecule has 0 saturated heterocycles. The first-order chi connectivity index (χ1) is 28.0. The van der Waals surface area contributed by atoms with Gasteiger partial charge >= 0.3 is 5.97 Å². The number of anilines is 1. The zero-order chi connectivity index (χ0) is 43.0. The van der Waals surface area contributed by atoms with Crippen molar-refractivity contribution in [1.29, 1.82) is 0 Å². The number of aromatic hydroxyl groups is 1. The van der Waals surface area contributed by atoms with Crippen LogP contribution in [0.25, 0.3) is 28.0 Å². The number of amides is 1. The van der Waals surface area contributed by atoms with Crippen LogP contribution >= 0.6 is 0 Å². The van der Waals surface area contributed by atoms with Crippen molar-refractivity contribution in [3.05, 3.63) is 70.3 Å². The lowest BCUT2D eigenvalue weighted by atomic mass is 9.69. The van der Waals surface area contributed by atoms with Gasteiger partial charge in [0.15, 0.2) is 17.3 Å². The lowest BCUT2D eigenvalue weighted by Gasteiger charge is -2.42. The summed E-state index contributed by atoms with van der Waals surface area (Å²) < 4.78 is 13.8. The van der Waals surface area contributed by atoms with Crippen molar-refractivity contribution in [2.45, 2.75) is 72.4 Å². The highest BCUT2D eigenvalue weighted by Gasteiger charge is 2.47. The normalized spacial score (nSPS) is 31.1.